The lowest BCUT2D eigenvalue weighted by Gasteiger charge is -2.01. The minimum atomic E-state index is -0.374. The van der Waals surface area contributed by atoms with E-state index in [-0.39, 0.29) is 5.82 Å². The van der Waals surface area contributed by atoms with E-state index in [4.69, 9.17) is 16.3 Å². The molecule has 1 aliphatic rings. The molecule has 0 bridgehead atoms. The van der Waals surface area contributed by atoms with Crippen molar-refractivity contribution in [3.05, 3.63) is 34.6 Å². The molecule has 0 saturated heterocycles. The van der Waals surface area contributed by atoms with Crippen LogP contribution in [-0.2, 0) is 4.74 Å². The van der Waals surface area contributed by atoms with Crippen molar-refractivity contribution in [2.75, 3.05) is 13.2 Å². The van der Waals surface area contributed by atoms with Gasteiger partial charge in [-0.1, -0.05) is 11.6 Å². The fourth-order valence-electron chi connectivity index (χ4n) is 1.19. The third kappa shape index (κ3) is 1.80. The highest BCUT2D eigenvalue weighted by Crippen LogP contribution is 2.16. The van der Waals surface area contributed by atoms with E-state index in [2.05, 4.69) is 4.99 Å². The van der Waals surface area contributed by atoms with Crippen LogP contribution in [0.15, 0.2) is 23.2 Å². The van der Waals surface area contributed by atoms with Crippen LogP contribution < -0.4 is 0 Å². The summed E-state index contributed by atoms with van der Waals surface area (Å²) in [4.78, 5) is 4.06. The molecule has 1 aliphatic heterocycles. The van der Waals surface area contributed by atoms with E-state index in [1.54, 1.807) is 6.07 Å². The fourth-order valence-corrected chi connectivity index (χ4v) is 1.41. The Morgan fingerprint density at radius 2 is 2.23 bits per heavy atom. The Morgan fingerprint density at radius 1 is 1.38 bits per heavy atom. The van der Waals surface area contributed by atoms with Gasteiger partial charge in [-0.3, -0.25) is 0 Å². The molecular formula is C9H7ClFNO. The van der Waals surface area contributed by atoms with Crippen LogP contribution in [0, 0.1) is 5.82 Å². The number of hydrogen-bond acceptors (Lipinski definition) is 2. The average molecular weight is 200 g/mol. The van der Waals surface area contributed by atoms with Crippen LogP contribution in [-0.4, -0.2) is 19.0 Å². The molecular weight excluding hydrogens is 193 g/mol. The van der Waals surface area contributed by atoms with Gasteiger partial charge in [-0.15, -0.1) is 0 Å². The van der Waals surface area contributed by atoms with Crippen molar-refractivity contribution >= 4 is 17.5 Å². The lowest BCUT2D eigenvalue weighted by Crippen LogP contribution is -2.01. The number of ether oxygens (including phenoxy) is 1. The topological polar surface area (TPSA) is 21.6 Å². The molecule has 0 aliphatic carbocycles. The maximum Gasteiger partial charge on any atom is 0.216 e. The predicted octanol–water partition coefficient (Wildman–Crippen LogP) is 2.26. The first-order valence-electron chi connectivity index (χ1n) is 3.89. The molecule has 0 atom stereocenters. The first-order valence-corrected chi connectivity index (χ1v) is 4.27. The van der Waals surface area contributed by atoms with Crippen molar-refractivity contribution in [3.63, 3.8) is 0 Å². The summed E-state index contributed by atoms with van der Waals surface area (Å²) in [6.45, 7) is 1.19. The Hall–Kier alpha value is -1.09. The molecule has 0 aromatic heterocycles. The zero-order valence-corrected chi connectivity index (χ0v) is 7.51. The van der Waals surface area contributed by atoms with Gasteiger partial charge >= 0.3 is 0 Å². The summed E-state index contributed by atoms with van der Waals surface area (Å²) in [5.41, 5.74) is 0.600. The lowest BCUT2D eigenvalue weighted by molar-refractivity contribution is 0.348. The number of benzene rings is 1. The first kappa shape index (κ1) is 8.51. The number of halogens is 2. The quantitative estimate of drug-likeness (QED) is 0.680. The molecule has 2 nitrogen and oxygen atoms in total. The second kappa shape index (κ2) is 3.34. The summed E-state index contributed by atoms with van der Waals surface area (Å²) in [5, 5.41) is 0.355. The summed E-state index contributed by atoms with van der Waals surface area (Å²) in [6, 6.07) is 4.24. The van der Waals surface area contributed by atoms with Gasteiger partial charge in [-0.05, 0) is 18.2 Å². The minimum Gasteiger partial charge on any atom is -0.476 e. The molecule has 0 radical (unpaired) electrons. The van der Waals surface area contributed by atoms with E-state index in [0.29, 0.717) is 29.6 Å². The van der Waals surface area contributed by atoms with Crippen LogP contribution in [0.5, 0.6) is 0 Å². The summed E-state index contributed by atoms with van der Waals surface area (Å²) in [7, 11) is 0. The maximum atomic E-state index is 12.9. The van der Waals surface area contributed by atoms with Crippen LogP contribution in [0.25, 0.3) is 0 Å². The van der Waals surface area contributed by atoms with E-state index < -0.39 is 0 Å². The van der Waals surface area contributed by atoms with Crippen LogP contribution in [0.2, 0.25) is 5.02 Å². The van der Waals surface area contributed by atoms with Gasteiger partial charge in [0, 0.05) is 10.6 Å². The molecule has 0 saturated carbocycles. The summed E-state index contributed by atoms with van der Waals surface area (Å²) < 4.78 is 18.1. The van der Waals surface area contributed by atoms with Gasteiger partial charge in [0.05, 0.1) is 6.54 Å². The van der Waals surface area contributed by atoms with Gasteiger partial charge in [0.25, 0.3) is 0 Å². The Morgan fingerprint density at radius 3 is 2.85 bits per heavy atom. The normalized spacial score (nSPS) is 15.4. The van der Waals surface area contributed by atoms with E-state index in [1.807, 2.05) is 0 Å². The molecule has 0 amide bonds. The number of nitrogens with zero attached hydrogens (tertiary/aromatic N) is 1. The molecule has 68 valence electrons. The Kier molecular flexibility index (Phi) is 2.19. The summed E-state index contributed by atoms with van der Waals surface area (Å²) in [5.74, 6) is 0.0992. The van der Waals surface area contributed by atoms with E-state index in [9.17, 15) is 4.39 Å². The third-order valence-electron chi connectivity index (χ3n) is 1.69. The zero-order chi connectivity index (χ0) is 9.26. The van der Waals surface area contributed by atoms with Gasteiger partial charge in [-0.25, -0.2) is 9.38 Å². The second-order valence-electron chi connectivity index (χ2n) is 2.69. The highest BCUT2D eigenvalue weighted by Gasteiger charge is 2.11. The molecule has 1 aromatic rings. The largest absolute Gasteiger partial charge is 0.476 e. The molecule has 0 fully saturated rings. The lowest BCUT2D eigenvalue weighted by atomic mass is 10.2. The Balaban J connectivity index is 2.39. The average Bonchev–Trinajstić information content (AvgIpc) is 2.53. The summed E-state index contributed by atoms with van der Waals surface area (Å²) in [6.07, 6.45) is 0. The van der Waals surface area contributed by atoms with Crippen molar-refractivity contribution in [2.45, 2.75) is 0 Å². The molecule has 0 unspecified atom stereocenters. The molecule has 4 heteroatoms. The SMILES string of the molecule is Fc1cc(Cl)cc(C2=NCCO2)c1. The molecule has 2 rings (SSSR count). The van der Waals surface area contributed by atoms with E-state index >= 15 is 0 Å². The molecule has 1 aromatic carbocycles. The molecule has 0 N–H and O–H groups in total. The van der Waals surface area contributed by atoms with Gasteiger partial charge < -0.3 is 4.74 Å². The highest BCUT2D eigenvalue weighted by molar-refractivity contribution is 6.31. The first-order chi connectivity index (χ1) is 6.25. The van der Waals surface area contributed by atoms with Crippen molar-refractivity contribution in [2.24, 2.45) is 4.99 Å². The Labute approximate surface area is 80.0 Å². The smallest absolute Gasteiger partial charge is 0.216 e. The number of rotatable bonds is 1. The minimum absolute atomic E-state index is 0.355. The van der Waals surface area contributed by atoms with Gasteiger partial charge in [0.1, 0.15) is 12.4 Å². The van der Waals surface area contributed by atoms with Crippen molar-refractivity contribution in [3.8, 4) is 0 Å². The van der Waals surface area contributed by atoms with Crippen LogP contribution in [0.3, 0.4) is 0 Å². The van der Waals surface area contributed by atoms with Crippen molar-refractivity contribution in [1.82, 2.24) is 0 Å². The summed E-state index contributed by atoms with van der Waals surface area (Å²) >= 11 is 5.68. The predicted molar refractivity (Wildman–Crippen MR) is 48.8 cm³/mol. The fraction of sp³-hybridized carbons (Fsp3) is 0.222. The second-order valence-corrected chi connectivity index (χ2v) is 3.13. The monoisotopic (exact) mass is 199 g/mol. The third-order valence-corrected chi connectivity index (χ3v) is 1.91. The van der Waals surface area contributed by atoms with Crippen LogP contribution in [0.4, 0.5) is 4.39 Å². The van der Waals surface area contributed by atoms with Crippen molar-refractivity contribution in [1.29, 1.82) is 0 Å². The molecule has 13 heavy (non-hydrogen) atoms. The van der Waals surface area contributed by atoms with Crippen molar-refractivity contribution < 1.29 is 9.13 Å². The molecule has 1 heterocycles. The van der Waals surface area contributed by atoms with Gasteiger partial charge in [0.2, 0.25) is 5.90 Å². The number of aliphatic imine (C=N–C) groups is 1. The molecule has 0 spiro atoms. The van der Waals surface area contributed by atoms with E-state index in [1.165, 1.54) is 12.1 Å². The standard InChI is InChI=1S/C9H7ClFNO/c10-7-3-6(4-8(11)5-7)9-12-1-2-13-9/h3-5H,1-2H2. The van der Waals surface area contributed by atoms with Gasteiger partial charge in [-0.2, -0.15) is 0 Å². The van der Waals surface area contributed by atoms with E-state index in [0.717, 1.165) is 0 Å². The van der Waals surface area contributed by atoms with Crippen LogP contribution in [0.1, 0.15) is 5.56 Å². The zero-order valence-electron chi connectivity index (χ0n) is 6.76. The van der Waals surface area contributed by atoms with Gasteiger partial charge in [0.15, 0.2) is 0 Å². The maximum absolute atomic E-state index is 12.9. The Bertz CT molecular complexity index is 344. The number of hydrogen-bond donors (Lipinski definition) is 0. The van der Waals surface area contributed by atoms with Crippen LogP contribution >= 0.6 is 11.6 Å². The highest BCUT2D eigenvalue weighted by atomic mass is 35.5.